The molecule has 3 N–H and O–H groups in total. The van der Waals surface area contributed by atoms with Crippen LogP contribution in [0.3, 0.4) is 0 Å². The summed E-state index contributed by atoms with van der Waals surface area (Å²) < 4.78 is 0. The lowest BCUT2D eigenvalue weighted by Gasteiger charge is -2.31. The first kappa shape index (κ1) is 15.0. The van der Waals surface area contributed by atoms with Crippen molar-refractivity contribution in [1.29, 1.82) is 0 Å². The molecule has 0 radical (unpaired) electrons. The largest absolute Gasteiger partial charge is 0.383 e. The van der Waals surface area contributed by atoms with E-state index in [-0.39, 0.29) is 5.41 Å². The van der Waals surface area contributed by atoms with Gasteiger partial charge in [0.05, 0.1) is 0 Å². The number of aromatic nitrogens is 1. The Hall–Kier alpha value is -1.09. The predicted molar refractivity (Wildman–Crippen MR) is 78.6 cm³/mol. The monoisotopic (exact) mass is 249 g/mol. The van der Waals surface area contributed by atoms with Crippen molar-refractivity contribution in [2.24, 2.45) is 5.41 Å². The van der Waals surface area contributed by atoms with Crippen LogP contribution in [0.1, 0.15) is 45.2 Å². The van der Waals surface area contributed by atoms with Crippen LogP contribution in [0.25, 0.3) is 0 Å². The minimum absolute atomic E-state index is 0.265. The molecule has 102 valence electrons. The smallest absolute Gasteiger partial charge is 0.126 e. The second-order valence-corrected chi connectivity index (χ2v) is 6.01. The molecule has 1 aromatic heterocycles. The molecule has 1 aromatic rings. The van der Waals surface area contributed by atoms with Crippen molar-refractivity contribution < 1.29 is 0 Å². The van der Waals surface area contributed by atoms with Crippen molar-refractivity contribution in [1.82, 2.24) is 10.3 Å². The number of hydrogen-bond acceptors (Lipinski definition) is 3. The van der Waals surface area contributed by atoms with Gasteiger partial charge in [0.1, 0.15) is 5.82 Å². The molecule has 0 aliphatic rings. The molecule has 1 atom stereocenters. The van der Waals surface area contributed by atoms with Gasteiger partial charge in [-0.2, -0.15) is 0 Å². The lowest BCUT2D eigenvalue weighted by molar-refractivity contribution is 0.258. The molecule has 0 fully saturated rings. The Labute approximate surface area is 111 Å². The third-order valence-electron chi connectivity index (χ3n) is 3.50. The quantitative estimate of drug-likeness (QED) is 0.843. The highest BCUT2D eigenvalue weighted by atomic mass is 14.9. The number of anilines is 1. The minimum atomic E-state index is 0.265. The van der Waals surface area contributed by atoms with Crippen LogP contribution >= 0.6 is 0 Å². The van der Waals surface area contributed by atoms with Crippen LogP contribution in [0.2, 0.25) is 0 Å². The molecule has 3 nitrogen and oxygen atoms in total. The first-order valence-corrected chi connectivity index (χ1v) is 6.79. The SMILES string of the molecule is CCNC(CCc1c(C)ccnc1N)C(C)(C)C. The fourth-order valence-electron chi connectivity index (χ4n) is 2.31. The molecule has 1 heterocycles. The zero-order chi connectivity index (χ0) is 13.8. The Morgan fingerprint density at radius 3 is 2.56 bits per heavy atom. The summed E-state index contributed by atoms with van der Waals surface area (Å²) in [5.74, 6) is 0.680. The maximum absolute atomic E-state index is 5.96. The number of nitrogen functional groups attached to an aromatic ring is 1. The first-order chi connectivity index (χ1) is 8.36. The highest BCUT2D eigenvalue weighted by Gasteiger charge is 2.23. The molecule has 0 aliphatic heterocycles. The number of aryl methyl sites for hydroxylation is 1. The molecular formula is C15H27N3. The molecule has 18 heavy (non-hydrogen) atoms. The molecule has 0 saturated carbocycles. The van der Waals surface area contributed by atoms with Crippen LogP contribution in [-0.4, -0.2) is 17.6 Å². The lowest BCUT2D eigenvalue weighted by atomic mass is 9.83. The molecule has 0 aromatic carbocycles. The van der Waals surface area contributed by atoms with Crippen molar-refractivity contribution >= 4 is 5.82 Å². The van der Waals surface area contributed by atoms with Crippen LogP contribution in [-0.2, 0) is 6.42 Å². The number of nitrogens with zero attached hydrogens (tertiary/aromatic N) is 1. The number of nitrogens with two attached hydrogens (primary N) is 1. The molecule has 0 aliphatic carbocycles. The van der Waals surface area contributed by atoms with Gasteiger partial charge in [0.2, 0.25) is 0 Å². The molecule has 1 rings (SSSR count). The fraction of sp³-hybridized carbons (Fsp3) is 0.667. The summed E-state index contributed by atoms with van der Waals surface area (Å²) in [6, 6.07) is 2.53. The van der Waals surface area contributed by atoms with Gasteiger partial charge in [0, 0.05) is 12.2 Å². The summed E-state index contributed by atoms with van der Waals surface area (Å²) in [5.41, 5.74) is 8.66. The second-order valence-electron chi connectivity index (χ2n) is 6.01. The molecule has 0 spiro atoms. The summed E-state index contributed by atoms with van der Waals surface area (Å²) in [4.78, 5) is 4.18. The van der Waals surface area contributed by atoms with E-state index in [9.17, 15) is 0 Å². The normalized spacial score (nSPS) is 13.6. The van der Waals surface area contributed by atoms with Crippen molar-refractivity contribution in [3.05, 3.63) is 23.4 Å². The summed E-state index contributed by atoms with van der Waals surface area (Å²) >= 11 is 0. The van der Waals surface area contributed by atoms with Crippen molar-refractivity contribution in [2.75, 3.05) is 12.3 Å². The van der Waals surface area contributed by atoms with Crippen LogP contribution in [0.4, 0.5) is 5.82 Å². The van der Waals surface area contributed by atoms with E-state index in [2.05, 4.69) is 44.9 Å². The zero-order valence-corrected chi connectivity index (χ0v) is 12.4. The topological polar surface area (TPSA) is 50.9 Å². The highest BCUT2D eigenvalue weighted by Crippen LogP contribution is 2.25. The summed E-state index contributed by atoms with van der Waals surface area (Å²) in [6.07, 6.45) is 3.86. The zero-order valence-electron chi connectivity index (χ0n) is 12.4. The fourth-order valence-corrected chi connectivity index (χ4v) is 2.31. The maximum atomic E-state index is 5.96. The molecule has 0 amide bonds. The molecule has 3 heteroatoms. The van der Waals surface area contributed by atoms with E-state index in [4.69, 9.17) is 5.73 Å². The lowest BCUT2D eigenvalue weighted by Crippen LogP contribution is -2.40. The van der Waals surface area contributed by atoms with E-state index in [1.807, 2.05) is 6.07 Å². The van der Waals surface area contributed by atoms with E-state index >= 15 is 0 Å². The number of hydrogen-bond donors (Lipinski definition) is 2. The van der Waals surface area contributed by atoms with Crippen molar-refractivity contribution in [3.8, 4) is 0 Å². The van der Waals surface area contributed by atoms with E-state index in [0.717, 1.165) is 19.4 Å². The van der Waals surface area contributed by atoms with Gasteiger partial charge < -0.3 is 11.1 Å². The van der Waals surface area contributed by atoms with Gasteiger partial charge in [-0.05, 0) is 48.9 Å². The first-order valence-electron chi connectivity index (χ1n) is 6.79. The standard InChI is InChI=1S/C15H27N3/c1-6-17-13(15(3,4)5)8-7-12-11(2)9-10-18-14(12)16/h9-10,13,17H,6-8H2,1-5H3,(H2,16,18). The van der Waals surface area contributed by atoms with Crippen LogP contribution in [0, 0.1) is 12.3 Å². The molecular weight excluding hydrogens is 222 g/mol. The van der Waals surface area contributed by atoms with Gasteiger partial charge in [-0.3, -0.25) is 0 Å². The van der Waals surface area contributed by atoms with Crippen LogP contribution in [0.5, 0.6) is 0 Å². The van der Waals surface area contributed by atoms with Gasteiger partial charge in [-0.15, -0.1) is 0 Å². The Morgan fingerprint density at radius 2 is 2.06 bits per heavy atom. The van der Waals surface area contributed by atoms with Gasteiger partial charge in [0.25, 0.3) is 0 Å². The summed E-state index contributed by atoms with van der Waals surface area (Å²) in [7, 11) is 0. The number of nitrogens with one attached hydrogen (secondary N) is 1. The third kappa shape index (κ3) is 3.98. The summed E-state index contributed by atoms with van der Waals surface area (Å²) in [6.45, 7) is 12.1. The van der Waals surface area contributed by atoms with Crippen LogP contribution < -0.4 is 11.1 Å². The average Bonchev–Trinajstić information content (AvgIpc) is 2.25. The maximum Gasteiger partial charge on any atom is 0.126 e. The predicted octanol–water partition coefficient (Wildman–Crippen LogP) is 2.93. The van der Waals surface area contributed by atoms with Crippen molar-refractivity contribution in [2.45, 2.75) is 53.5 Å². The van der Waals surface area contributed by atoms with E-state index in [1.54, 1.807) is 6.20 Å². The Balaban J connectivity index is 2.73. The Bertz CT molecular complexity index is 360. The van der Waals surface area contributed by atoms with E-state index in [0.29, 0.717) is 11.9 Å². The van der Waals surface area contributed by atoms with Crippen molar-refractivity contribution in [3.63, 3.8) is 0 Å². The number of pyridine rings is 1. The molecule has 0 saturated heterocycles. The minimum Gasteiger partial charge on any atom is -0.383 e. The Morgan fingerprint density at radius 1 is 1.39 bits per heavy atom. The van der Waals surface area contributed by atoms with Gasteiger partial charge in [-0.25, -0.2) is 4.98 Å². The van der Waals surface area contributed by atoms with Gasteiger partial charge in [0.15, 0.2) is 0 Å². The van der Waals surface area contributed by atoms with Gasteiger partial charge in [-0.1, -0.05) is 27.7 Å². The van der Waals surface area contributed by atoms with Crippen LogP contribution in [0.15, 0.2) is 12.3 Å². The number of rotatable bonds is 5. The molecule has 1 unspecified atom stereocenters. The van der Waals surface area contributed by atoms with E-state index in [1.165, 1.54) is 11.1 Å². The Kier molecular flexibility index (Phi) is 5.15. The molecule has 0 bridgehead atoms. The summed E-state index contributed by atoms with van der Waals surface area (Å²) in [5, 5.41) is 3.57. The average molecular weight is 249 g/mol. The highest BCUT2D eigenvalue weighted by molar-refractivity contribution is 5.43. The second kappa shape index (κ2) is 6.19. The van der Waals surface area contributed by atoms with E-state index < -0.39 is 0 Å². The third-order valence-corrected chi connectivity index (χ3v) is 3.50. The van der Waals surface area contributed by atoms with Gasteiger partial charge >= 0.3 is 0 Å².